The maximum atomic E-state index is 11.9. The lowest BCUT2D eigenvalue weighted by molar-refractivity contribution is -0.117. The SMILES string of the molecule is COCCCNC(=O)/C(C#N)=C/c1ccc(C)c(OC)c1. The molecule has 0 atom stereocenters. The highest BCUT2D eigenvalue weighted by Gasteiger charge is 2.08. The molecule has 0 radical (unpaired) electrons. The first kappa shape index (κ1) is 16.7. The summed E-state index contributed by atoms with van der Waals surface area (Å²) in [6, 6.07) is 7.44. The zero-order chi connectivity index (χ0) is 15.7. The highest BCUT2D eigenvalue weighted by molar-refractivity contribution is 6.01. The smallest absolute Gasteiger partial charge is 0.261 e. The van der Waals surface area contributed by atoms with E-state index in [0.29, 0.717) is 19.6 Å². The molecule has 0 aliphatic heterocycles. The fraction of sp³-hybridized carbons (Fsp3) is 0.375. The Bertz CT molecular complexity index is 559. The second-order valence-corrected chi connectivity index (χ2v) is 4.50. The van der Waals surface area contributed by atoms with Crippen LogP contribution in [-0.2, 0) is 9.53 Å². The van der Waals surface area contributed by atoms with E-state index in [0.717, 1.165) is 16.9 Å². The molecule has 0 spiro atoms. The summed E-state index contributed by atoms with van der Waals surface area (Å²) < 4.78 is 10.1. The number of methoxy groups -OCH3 is 2. The molecule has 0 aromatic heterocycles. The van der Waals surface area contributed by atoms with Crippen molar-refractivity contribution in [3.05, 3.63) is 34.9 Å². The van der Waals surface area contributed by atoms with E-state index in [1.807, 2.05) is 25.1 Å². The first-order valence-corrected chi connectivity index (χ1v) is 6.66. The molecule has 1 aromatic carbocycles. The van der Waals surface area contributed by atoms with Gasteiger partial charge in [-0.2, -0.15) is 5.26 Å². The molecule has 5 heteroatoms. The van der Waals surface area contributed by atoms with Crippen molar-refractivity contribution < 1.29 is 14.3 Å². The number of carbonyl (C=O) groups excluding carboxylic acids is 1. The van der Waals surface area contributed by atoms with Crippen LogP contribution >= 0.6 is 0 Å². The molecule has 0 aliphatic rings. The second kappa shape index (κ2) is 8.77. The molecule has 1 N–H and O–H groups in total. The number of carbonyl (C=O) groups is 1. The van der Waals surface area contributed by atoms with Crippen LogP contribution in [0.15, 0.2) is 23.8 Å². The Morgan fingerprint density at radius 1 is 1.43 bits per heavy atom. The number of nitrogens with one attached hydrogen (secondary N) is 1. The summed E-state index contributed by atoms with van der Waals surface area (Å²) in [5, 5.41) is 11.8. The summed E-state index contributed by atoms with van der Waals surface area (Å²) in [4.78, 5) is 11.9. The van der Waals surface area contributed by atoms with Crippen molar-refractivity contribution in [3.8, 4) is 11.8 Å². The Morgan fingerprint density at radius 2 is 2.19 bits per heavy atom. The van der Waals surface area contributed by atoms with Crippen LogP contribution in [0, 0.1) is 18.3 Å². The standard InChI is InChI=1S/C16H20N2O3/c1-12-5-6-13(10-15(12)21-3)9-14(11-17)16(19)18-7-4-8-20-2/h5-6,9-10H,4,7-8H2,1-3H3,(H,18,19)/b14-9+. The predicted octanol–water partition coefficient (Wildman–Crippen LogP) is 2.06. The second-order valence-electron chi connectivity index (χ2n) is 4.50. The Morgan fingerprint density at radius 3 is 2.81 bits per heavy atom. The van der Waals surface area contributed by atoms with Crippen LogP contribution < -0.4 is 10.1 Å². The first-order valence-electron chi connectivity index (χ1n) is 6.66. The zero-order valence-corrected chi connectivity index (χ0v) is 12.6. The van der Waals surface area contributed by atoms with Gasteiger partial charge >= 0.3 is 0 Å². The van der Waals surface area contributed by atoms with Gasteiger partial charge in [-0.15, -0.1) is 0 Å². The quantitative estimate of drug-likeness (QED) is 0.473. The lowest BCUT2D eigenvalue weighted by atomic mass is 10.1. The summed E-state index contributed by atoms with van der Waals surface area (Å²) in [5.74, 6) is 0.342. The Kier molecular flexibility index (Phi) is 6.99. The van der Waals surface area contributed by atoms with Gasteiger partial charge in [-0.1, -0.05) is 12.1 Å². The van der Waals surface area contributed by atoms with E-state index in [2.05, 4.69) is 5.32 Å². The van der Waals surface area contributed by atoms with Crippen LogP contribution in [0.1, 0.15) is 17.5 Å². The summed E-state index contributed by atoms with van der Waals surface area (Å²) in [6.07, 6.45) is 2.26. The third-order valence-electron chi connectivity index (χ3n) is 2.92. The van der Waals surface area contributed by atoms with Crippen LogP contribution in [-0.4, -0.2) is 33.3 Å². The maximum absolute atomic E-state index is 11.9. The lowest BCUT2D eigenvalue weighted by Crippen LogP contribution is -2.26. The number of benzene rings is 1. The van der Waals surface area contributed by atoms with Gasteiger partial charge in [-0.25, -0.2) is 0 Å². The monoisotopic (exact) mass is 288 g/mol. The topological polar surface area (TPSA) is 71.3 Å². The van der Waals surface area contributed by atoms with E-state index in [9.17, 15) is 4.79 Å². The van der Waals surface area contributed by atoms with Crippen LogP contribution in [0.4, 0.5) is 0 Å². The van der Waals surface area contributed by atoms with Gasteiger partial charge in [0.05, 0.1) is 7.11 Å². The van der Waals surface area contributed by atoms with Crippen LogP contribution in [0.2, 0.25) is 0 Å². The number of hydrogen-bond donors (Lipinski definition) is 1. The maximum Gasteiger partial charge on any atom is 0.261 e. The molecule has 0 bridgehead atoms. The van der Waals surface area contributed by atoms with Crippen molar-refractivity contribution in [2.45, 2.75) is 13.3 Å². The number of nitriles is 1. The van der Waals surface area contributed by atoms with Crippen LogP contribution in [0.5, 0.6) is 5.75 Å². The molecule has 0 saturated carbocycles. The van der Waals surface area contributed by atoms with Crippen molar-refractivity contribution in [2.24, 2.45) is 0 Å². The van der Waals surface area contributed by atoms with E-state index in [-0.39, 0.29) is 11.5 Å². The molecule has 5 nitrogen and oxygen atoms in total. The Hall–Kier alpha value is -2.32. The van der Waals surface area contributed by atoms with Crippen molar-refractivity contribution in [2.75, 3.05) is 27.4 Å². The molecule has 0 fully saturated rings. The number of aryl methyl sites for hydroxylation is 1. The van der Waals surface area contributed by atoms with E-state index in [1.165, 1.54) is 0 Å². The third kappa shape index (κ3) is 5.28. The first-order chi connectivity index (χ1) is 10.1. The zero-order valence-electron chi connectivity index (χ0n) is 12.6. The molecule has 0 saturated heterocycles. The lowest BCUT2D eigenvalue weighted by Gasteiger charge is -2.06. The van der Waals surface area contributed by atoms with Gasteiger partial charge in [0.1, 0.15) is 17.4 Å². The van der Waals surface area contributed by atoms with Gasteiger partial charge in [0.25, 0.3) is 5.91 Å². The van der Waals surface area contributed by atoms with Crippen LogP contribution in [0.3, 0.4) is 0 Å². The summed E-state index contributed by atoms with van der Waals surface area (Å²) in [7, 11) is 3.19. The highest BCUT2D eigenvalue weighted by atomic mass is 16.5. The number of nitrogens with zero attached hydrogens (tertiary/aromatic N) is 1. The summed E-state index contributed by atoms with van der Waals surface area (Å²) in [5.41, 5.74) is 1.82. The van der Waals surface area contributed by atoms with Crippen LogP contribution in [0.25, 0.3) is 6.08 Å². The van der Waals surface area contributed by atoms with Crippen molar-refractivity contribution in [3.63, 3.8) is 0 Å². The third-order valence-corrected chi connectivity index (χ3v) is 2.92. The predicted molar refractivity (Wildman–Crippen MR) is 80.8 cm³/mol. The fourth-order valence-corrected chi connectivity index (χ4v) is 1.76. The minimum Gasteiger partial charge on any atom is -0.496 e. The molecule has 1 amide bonds. The Balaban J connectivity index is 2.79. The molecule has 21 heavy (non-hydrogen) atoms. The van der Waals surface area contributed by atoms with Crippen molar-refractivity contribution in [1.82, 2.24) is 5.32 Å². The average molecular weight is 288 g/mol. The molecular weight excluding hydrogens is 268 g/mol. The molecule has 0 aliphatic carbocycles. The van der Waals surface area contributed by atoms with Gasteiger partial charge in [0.15, 0.2) is 0 Å². The van der Waals surface area contributed by atoms with E-state index in [4.69, 9.17) is 14.7 Å². The minimum absolute atomic E-state index is 0.0679. The normalized spacial score (nSPS) is 10.9. The minimum atomic E-state index is -0.381. The van der Waals surface area contributed by atoms with Gasteiger partial charge in [-0.05, 0) is 36.6 Å². The van der Waals surface area contributed by atoms with Gasteiger partial charge < -0.3 is 14.8 Å². The summed E-state index contributed by atoms with van der Waals surface area (Å²) in [6.45, 7) is 2.98. The van der Waals surface area contributed by atoms with Crippen molar-refractivity contribution >= 4 is 12.0 Å². The van der Waals surface area contributed by atoms with Gasteiger partial charge in [0.2, 0.25) is 0 Å². The molecule has 0 heterocycles. The molecular formula is C16H20N2O3. The number of amides is 1. The van der Waals surface area contributed by atoms with E-state index in [1.54, 1.807) is 26.4 Å². The highest BCUT2D eigenvalue weighted by Crippen LogP contribution is 2.20. The van der Waals surface area contributed by atoms with E-state index < -0.39 is 0 Å². The molecule has 0 unspecified atom stereocenters. The number of hydrogen-bond acceptors (Lipinski definition) is 4. The number of rotatable bonds is 7. The van der Waals surface area contributed by atoms with Crippen molar-refractivity contribution in [1.29, 1.82) is 5.26 Å². The molecule has 112 valence electrons. The van der Waals surface area contributed by atoms with Gasteiger partial charge in [0, 0.05) is 20.3 Å². The fourth-order valence-electron chi connectivity index (χ4n) is 1.76. The molecule has 1 aromatic rings. The number of ether oxygens (including phenoxy) is 2. The molecule has 1 rings (SSSR count). The average Bonchev–Trinajstić information content (AvgIpc) is 2.50. The van der Waals surface area contributed by atoms with Gasteiger partial charge in [-0.3, -0.25) is 4.79 Å². The summed E-state index contributed by atoms with van der Waals surface area (Å²) >= 11 is 0. The largest absolute Gasteiger partial charge is 0.496 e. The Labute approximate surface area is 125 Å². The van der Waals surface area contributed by atoms with E-state index >= 15 is 0 Å².